The van der Waals surface area contributed by atoms with Gasteiger partial charge >= 0.3 is 0 Å². The Kier molecular flexibility index (Phi) is 2.21. The second-order valence-corrected chi connectivity index (χ2v) is 1.95. The zero-order valence-corrected chi connectivity index (χ0v) is 5.45. The van der Waals surface area contributed by atoms with E-state index < -0.39 is 0 Å². The molecule has 0 atom stereocenters. The van der Waals surface area contributed by atoms with E-state index in [1.165, 1.54) is 6.20 Å². The molecule has 1 heterocycles. The van der Waals surface area contributed by atoms with Crippen molar-refractivity contribution in [3.8, 4) is 0 Å². The van der Waals surface area contributed by atoms with Crippen molar-refractivity contribution in [1.29, 1.82) is 0 Å². The fraction of sp³-hybridized carbons (Fsp3) is 0.143. The highest BCUT2D eigenvalue weighted by atomic mass is 16.1. The van der Waals surface area contributed by atoms with Gasteiger partial charge in [-0.05, 0) is 11.6 Å². The van der Waals surface area contributed by atoms with Gasteiger partial charge in [-0.25, -0.2) is 0 Å². The Morgan fingerprint density at radius 3 is 3.00 bits per heavy atom. The molecule has 2 nitrogen and oxygen atoms in total. The van der Waals surface area contributed by atoms with E-state index in [0.29, 0.717) is 11.9 Å². The minimum absolute atomic E-state index is 0.425. The SMILES string of the molecule is [B]Cc1cncc(C=O)c1. The molecule has 0 N–H and O–H groups in total. The molecule has 48 valence electrons. The lowest BCUT2D eigenvalue weighted by atomic mass is 9.98. The van der Waals surface area contributed by atoms with Crippen molar-refractivity contribution < 1.29 is 4.79 Å². The van der Waals surface area contributed by atoms with E-state index in [-0.39, 0.29) is 0 Å². The number of pyridine rings is 1. The fourth-order valence-electron chi connectivity index (χ4n) is 0.684. The van der Waals surface area contributed by atoms with Gasteiger partial charge in [-0.15, -0.1) is 0 Å². The lowest BCUT2D eigenvalue weighted by molar-refractivity contribution is 0.112. The topological polar surface area (TPSA) is 30.0 Å². The maximum atomic E-state index is 10.2. The third-order valence-electron chi connectivity index (χ3n) is 1.19. The van der Waals surface area contributed by atoms with Crippen molar-refractivity contribution in [2.24, 2.45) is 0 Å². The molecule has 0 saturated heterocycles. The van der Waals surface area contributed by atoms with Crippen LogP contribution in [0.2, 0.25) is 0 Å². The molecule has 1 rings (SSSR count). The summed E-state index contributed by atoms with van der Waals surface area (Å²) in [5.74, 6) is 0. The predicted molar refractivity (Wildman–Crippen MR) is 39.1 cm³/mol. The van der Waals surface area contributed by atoms with E-state index in [1.807, 2.05) is 0 Å². The Morgan fingerprint density at radius 1 is 1.60 bits per heavy atom. The second kappa shape index (κ2) is 3.15. The van der Waals surface area contributed by atoms with Gasteiger partial charge in [0.15, 0.2) is 6.29 Å². The lowest BCUT2D eigenvalue weighted by Crippen LogP contribution is -1.88. The highest BCUT2D eigenvalue weighted by Gasteiger charge is 1.90. The number of nitrogens with zero attached hydrogens (tertiary/aromatic N) is 1. The molecule has 2 radical (unpaired) electrons. The molecule has 0 aromatic carbocycles. The maximum absolute atomic E-state index is 10.2. The highest BCUT2D eigenvalue weighted by molar-refractivity contribution is 6.08. The molecule has 0 aliphatic heterocycles. The lowest BCUT2D eigenvalue weighted by Gasteiger charge is -1.93. The van der Waals surface area contributed by atoms with Crippen molar-refractivity contribution in [1.82, 2.24) is 4.98 Å². The molecule has 0 aliphatic carbocycles. The minimum atomic E-state index is 0.425. The van der Waals surface area contributed by atoms with E-state index in [4.69, 9.17) is 7.85 Å². The molecule has 0 aliphatic rings. The van der Waals surface area contributed by atoms with E-state index in [2.05, 4.69) is 4.98 Å². The van der Waals surface area contributed by atoms with E-state index >= 15 is 0 Å². The van der Waals surface area contributed by atoms with Crippen LogP contribution in [0.15, 0.2) is 18.5 Å². The van der Waals surface area contributed by atoms with Crippen molar-refractivity contribution in [3.63, 3.8) is 0 Å². The maximum Gasteiger partial charge on any atom is 0.151 e. The zero-order valence-electron chi connectivity index (χ0n) is 5.45. The van der Waals surface area contributed by atoms with E-state index in [0.717, 1.165) is 11.8 Å². The summed E-state index contributed by atoms with van der Waals surface area (Å²) in [6.07, 6.45) is 4.33. The Bertz CT molecular complexity index is 237. The van der Waals surface area contributed by atoms with Crippen molar-refractivity contribution in [2.75, 3.05) is 0 Å². The fourth-order valence-corrected chi connectivity index (χ4v) is 0.684. The average molecular weight is 131 g/mol. The molecule has 0 unspecified atom stereocenters. The molecular weight excluding hydrogens is 125 g/mol. The van der Waals surface area contributed by atoms with Crippen molar-refractivity contribution in [2.45, 2.75) is 6.32 Å². The molecule has 1 aromatic rings. The van der Waals surface area contributed by atoms with Crippen LogP contribution in [0.3, 0.4) is 0 Å². The molecule has 0 saturated carbocycles. The molecule has 0 amide bonds. The van der Waals surface area contributed by atoms with Crippen molar-refractivity contribution >= 4 is 14.1 Å². The van der Waals surface area contributed by atoms with Gasteiger partial charge in [0, 0.05) is 18.0 Å². The van der Waals surface area contributed by atoms with Gasteiger partial charge < -0.3 is 0 Å². The van der Waals surface area contributed by atoms with E-state index in [9.17, 15) is 4.79 Å². The normalized spacial score (nSPS) is 9.20. The quantitative estimate of drug-likeness (QED) is 0.433. The first kappa shape index (κ1) is 7.00. The van der Waals surface area contributed by atoms with Crippen LogP contribution in [-0.4, -0.2) is 19.1 Å². The summed E-state index contributed by atoms with van der Waals surface area (Å²) in [4.78, 5) is 14.0. The molecular formula is C7H6BNO. The molecule has 0 bridgehead atoms. The number of carbonyl (C=O) groups excluding carboxylic acids is 1. The summed E-state index contributed by atoms with van der Waals surface area (Å²) in [5, 5.41) is 0. The Hall–Kier alpha value is -1.12. The van der Waals surface area contributed by atoms with Gasteiger partial charge in [-0.2, -0.15) is 0 Å². The number of hydrogen-bond donors (Lipinski definition) is 0. The van der Waals surface area contributed by atoms with Crippen LogP contribution in [0, 0.1) is 0 Å². The van der Waals surface area contributed by atoms with Crippen LogP contribution in [0.1, 0.15) is 15.9 Å². The standard InChI is InChI=1S/C7H6BNO/c8-2-6-1-7(5-10)4-9-3-6/h1,3-5H,2H2. The molecule has 1 aromatic heterocycles. The summed E-state index contributed by atoms with van der Waals surface area (Å²) < 4.78 is 0. The number of aromatic nitrogens is 1. The first-order valence-electron chi connectivity index (χ1n) is 2.96. The van der Waals surface area contributed by atoms with Gasteiger partial charge in [0.05, 0.1) is 7.85 Å². The predicted octanol–water partition coefficient (Wildman–Crippen LogP) is 0.563. The van der Waals surface area contributed by atoms with Crippen LogP contribution >= 0.6 is 0 Å². The van der Waals surface area contributed by atoms with Gasteiger partial charge in [-0.1, -0.05) is 6.32 Å². The van der Waals surface area contributed by atoms with Gasteiger partial charge in [0.2, 0.25) is 0 Å². The molecule has 3 heteroatoms. The summed E-state index contributed by atoms with van der Waals surface area (Å²) in [5.41, 5.74) is 1.45. The van der Waals surface area contributed by atoms with Gasteiger partial charge in [0.1, 0.15) is 0 Å². The third-order valence-corrected chi connectivity index (χ3v) is 1.19. The third kappa shape index (κ3) is 1.44. The largest absolute Gasteiger partial charge is 0.298 e. The van der Waals surface area contributed by atoms with Gasteiger partial charge in [-0.3, -0.25) is 9.78 Å². The number of aldehydes is 1. The molecule has 10 heavy (non-hydrogen) atoms. The van der Waals surface area contributed by atoms with Crippen LogP contribution in [0.25, 0.3) is 0 Å². The number of carbonyl (C=O) groups is 1. The smallest absolute Gasteiger partial charge is 0.151 e. The average Bonchev–Trinajstić information content (AvgIpc) is 2.05. The Morgan fingerprint density at radius 2 is 2.40 bits per heavy atom. The molecule has 0 spiro atoms. The monoisotopic (exact) mass is 131 g/mol. The Balaban J connectivity index is 2.98. The van der Waals surface area contributed by atoms with Crippen LogP contribution < -0.4 is 0 Å². The van der Waals surface area contributed by atoms with Crippen LogP contribution in [-0.2, 0) is 6.32 Å². The van der Waals surface area contributed by atoms with Crippen molar-refractivity contribution in [3.05, 3.63) is 29.6 Å². The first-order chi connectivity index (χ1) is 4.86. The summed E-state index contributed by atoms with van der Waals surface area (Å²) >= 11 is 0. The highest BCUT2D eigenvalue weighted by Crippen LogP contribution is 1.98. The zero-order chi connectivity index (χ0) is 7.40. The second-order valence-electron chi connectivity index (χ2n) is 1.95. The van der Waals surface area contributed by atoms with Gasteiger partial charge in [0.25, 0.3) is 0 Å². The van der Waals surface area contributed by atoms with Crippen LogP contribution in [0.5, 0.6) is 0 Å². The summed E-state index contributed by atoms with van der Waals surface area (Å²) in [6, 6.07) is 1.72. The first-order valence-corrected chi connectivity index (χ1v) is 2.96. The van der Waals surface area contributed by atoms with Crippen LogP contribution in [0.4, 0.5) is 0 Å². The number of hydrogen-bond acceptors (Lipinski definition) is 2. The summed E-state index contributed by atoms with van der Waals surface area (Å²) in [6.45, 7) is 0. The minimum Gasteiger partial charge on any atom is -0.298 e. The summed E-state index contributed by atoms with van der Waals surface area (Å²) in [7, 11) is 5.32. The number of rotatable bonds is 2. The Labute approximate surface area is 60.7 Å². The molecule has 0 fully saturated rings. The van der Waals surface area contributed by atoms with E-state index in [1.54, 1.807) is 12.3 Å².